The topological polar surface area (TPSA) is 72.3 Å². The molecule has 1 rings (SSSR count). The molecule has 0 radical (unpaired) electrons. The molecule has 0 aliphatic heterocycles. The highest BCUT2D eigenvalue weighted by Gasteiger charge is 2.30. The Morgan fingerprint density at radius 3 is 2.31 bits per heavy atom. The normalized spacial score (nSPS) is 30.1. The predicted octanol–water partition coefficient (Wildman–Crippen LogP) is 0.700. The monoisotopic (exact) mass is 227 g/mol. The van der Waals surface area contributed by atoms with Crippen molar-refractivity contribution in [3.8, 4) is 0 Å². The van der Waals surface area contributed by atoms with Crippen molar-refractivity contribution in [2.45, 2.75) is 51.1 Å². The second-order valence-electron chi connectivity index (χ2n) is 5.61. The van der Waals surface area contributed by atoms with Gasteiger partial charge in [0.25, 0.3) is 0 Å². The Bertz CT molecular complexity index is 245. The summed E-state index contributed by atoms with van der Waals surface area (Å²) in [4.78, 5) is 13.4. The maximum absolute atomic E-state index is 11.2. The third kappa shape index (κ3) is 3.46. The molecule has 1 saturated carbocycles. The van der Waals surface area contributed by atoms with Crippen LogP contribution in [0.4, 0.5) is 0 Å². The van der Waals surface area contributed by atoms with E-state index in [4.69, 9.17) is 11.5 Å². The van der Waals surface area contributed by atoms with Gasteiger partial charge in [-0.25, -0.2) is 0 Å². The van der Waals surface area contributed by atoms with Crippen LogP contribution in [0, 0.1) is 5.92 Å². The molecule has 0 aromatic heterocycles. The first-order valence-corrected chi connectivity index (χ1v) is 6.12. The lowest BCUT2D eigenvalue weighted by Gasteiger charge is -2.37. The van der Waals surface area contributed by atoms with E-state index in [-0.39, 0.29) is 0 Å². The van der Waals surface area contributed by atoms with E-state index in [1.165, 1.54) is 25.7 Å². The van der Waals surface area contributed by atoms with E-state index in [9.17, 15) is 4.79 Å². The van der Waals surface area contributed by atoms with Crippen LogP contribution < -0.4 is 11.5 Å². The van der Waals surface area contributed by atoms with Crippen LogP contribution >= 0.6 is 0 Å². The Kier molecular flexibility index (Phi) is 4.33. The Morgan fingerprint density at radius 2 is 1.88 bits per heavy atom. The van der Waals surface area contributed by atoms with Crippen LogP contribution in [0.2, 0.25) is 0 Å². The molecule has 4 N–H and O–H groups in total. The van der Waals surface area contributed by atoms with Gasteiger partial charge in [0.2, 0.25) is 5.91 Å². The number of hydrogen-bond donors (Lipinski definition) is 2. The Labute approximate surface area is 98.3 Å². The van der Waals surface area contributed by atoms with Crippen molar-refractivity contribution >= 4 is 5.91 Å². The van der Waals surface area contributed by atoms with Gasteiger partial charge in [-0.3, -0.25) is 4.79 Å². The molecule has 1 unspecified atom stereocenters. The first-order valence-electron chi connectivity index (χ1n) is 6.12. The van der Waals surface area contributed by atoms with Gasteiger partial charge >= 0.3 is 0 Å². The van der Waals surface area contributed by atoms with E-state index in [2.05, 4.69) is 11.8 Å². The van der Waals surface area contributed by atoms with Crippen LogP contribution in [0.5, 0.6) is 0 Å². The standard InChI is InChI=1S/C12H25N3O/c1-9-4-6-10(7-5-9)15(3)8-12(2,14)11(13)16/h9-10H,4-8,14H2,1-3H3,(H2,13,16). The zero-order chi connectivity index (χ0) is 12.3. The minimum atomic E-state index is -0.919. The first-order chi connectivity index (χ1) is 7.33. The SMILES string of the molecule is CC1CCC(N(C)CC(C)(N)C(N)=O)CC1. The van der Waals surface area contributed by atoms with E-state index in [0.29, 0.717) is 12.6 Å². The highest BCUT2D eigenvalue weighted by Crippen LogP contribution is 2.26. The van der Waals surface area contributed by atoms with Gasteiger partial charge in [0, 0.05) is 12.6 Å². The molecule has 0 saturated heterocycles. The molecular formula is C12H25N3O. The van der Waals surface area contributed by atoms with Gasteiger partial charge in [-0.05, 0) is 45.6 Å². The molecule has 0 aromatic rings. The number of likely N-dealkylation sites (N-methyl/N-ethyl adjacent to an activating group) is 1. The lowest BCUT2D eigenvalue weighted by Crippen LogP contribution is -2.57. The molecule has 16 heavy (non-hydrogen) atoms. The largest absolute Gasteiger partial charge is 0.368 e. The number of rotatable bonds is 4. The van der Waals surface area contributed by atoms with Crippen molar-refractivity contribution in [1.82, 2.24) is 4.90 Å². The van der Waals surface area contributed by atoms with Gasteiger partial charge < -0.3 is 16.4 Å². The van der Waals surface area contributed by atoms with Crippen LogP contribution in [-0.4, -0.2) is 36.0 Å². The highest BCUT2D eigenvalue weighted by molar-refractivity contribution is 5.84. The van der Waals surface area contributed by atoms with Crippen LogP contribution in [-0.2, 0) is 4.79 Å². The van der Waals surface area contributed by atoms with Gasteiger partial charge in [0.15, 0.2) is 0 Å². The van der Waals surface area contributed by atoms with E-state index >= 15 is 0 Å². The highest BCUT2D eigenvalue weighted by atomic mass is 16.1. The maximum Gasteiger partial charge on any atom is 0.238 e. The summed E-state index contributed by atoms with van der Waals surface area (Å²) in [5, 5.41) is 0. The van der Waals surface area contributed by atoms with E-state index in [1.807, 2.05) is 7.05 Å². The fourth-order valence-corrected chi connectivity index (χ4v) is 2.41. The third-order valence-corrected chi connectivity index (χ3v) is 3.75. The van der Waals surface area contributed by atoms with Crippen molar-refractivity contribution in [3.05, 3.63) is 0 Å². The molecule has 1 amide bonds. The van der Waals surface area contributed by atoms with Gasteiger partial charge in [-0.1, -0.05) is 6.92 Å². The number of nitrogens with two attached hydrogens (primary N) is 2. The summed E-state index contributed by atoms with van der Waals surface area (Å²) in [6.45, 7) is 4.55. The summed E-state index contributed by atoms with van der Waals surface area (Å²) in [5.41, 5.74) is 10.2. The fraction of sp³-hybridized carbons (Fsp3) is 0.917. The lowest BCUT2D eigenvalue weighted by atomic mass is 9.86. The van der Waals surface area contributed by atoms with Crippen molar-refractivity contribution in [2.75, 3.05) is 13.6 Å². The second kappa shape index (κ2) is 5.15. The molecule has 0 spiro atoms. The number of nitrogens with zero attached hydrogens (tertiary/aromatic N) is 1. The molecule has 1 atom stereocenters. The molecular weight excluding hydrogens is 202 g/mol. The summed E-state index contributed by atoms with van der Waals surface area (Å²) in [5.74, 6) is 0.411. The Hall–Kier alpha value is -0.610. The van der Waals surface area contributed by atoms with Gasteiger partial charge in [0.05, 0.1) is 0 Å². The molecule has 0 heterocycles. The average Bonchev–Trinajstić information content (AvgIpc) is 2.17. The fourth-order valence-electron chi connectivity index (χ4n) is 2.41. The molecule has 1 aliphatic carbocycles. The lowest BCUT2D eigenvalue weighted by molar-refractivity contribution is -0.123. The van der Waals surface area contributed by atoms with E-state index in [0.717, 1.165) is 5.92 Å². The molecule has 1 fully saturated rings. The van der Waals surface area contributed by atoms with Crippen LogP contribution in [0.3, 0.4) is 0 Å². The van der Waals surface area contributed by atoms with Crippen molar-refractivity contribution in [1.29, 1.82) is 0 Å². The quantitative estimate of drug-likeness (QED) is 0.742. The minimum Gasteiger partial charge on any atom is -0.368 e. The zero-order valence-corrected chi connectivity index (χ0v) is 10.7. The molecule has 1 aliphatic rings. The van der Waals surface area contributed by atoms with E-state index in [1.54, 1.807) is 6.92 Å². The van der Waals surface area contributed by atoms with Gasteiger partial charge in [-0.2, -0.15) is 0 Å². The maximum atomic E-state index is 11.2. The minimum absolute atomic E-state index is 0.427. The van der Waals surface area contributed by atoms with Crippen molar-refractivity contribution in [2.24, 2.45) is 17.4 Å². The van der Waals surface area contributed by atoms with Gasteiger partial charge in [0.1, 0.15) is 5.54 Å². The third-order valence-electron chi connectivity index (χ3n) is 3.75. The number of amides is 1. The molecule has 4 nitrogen and oxygen atoms in total. The smallest absolute Gasteiger partial charge is 0.238 e. The zero-order valence-electron chi connectivity index (χ0n) is 10.7. The average molecular weight is 227 g/mol. The van der Waals surface area contributed by atoms with Crippen molar-refractivity contribution < 1.29 is 4.79 Å². The summed E-state index contributed by atoms with van der Waals surface area (Å²) in [7, 11) is 2.04. The summed E-state index contributed by atoms with van der Waals surface area (Å²) < 4.78 is 0. The number of carbonyl (C=O) groups excluding carboxylic acids is 1. The number of hydrogen-bond acceptors (Lipinski definition) is 3. The summed E-state index contributed by atoms with van der Waals surface area (Å²) in [6, 6.07) is 0.554. The van der Waals surface area contributed by atoms with Crippen LogP contribution in [0.15, 0.2) is 0 Å². The first kappa shape index (κ1) is 13.5. The van der Waals surface area contributed by atoms with Crippen LogP contribution in [0.25, 0.3) is 0 Å². The Balaban J connectivity index is 2.46. The number of primary amides is 1. The van der Waals surface area contributed by atoms with Gasteiger partial charge in [-0.15, -0.1) is 0 Å². The second-order valence-corrected chi connectivity index (χ2v) is 5.61. The molecule has 94 valence electrons. The number of carbonyl (C=O) groups is 1. The molecule has 0 bridgehead atoms. The summed E-state index contributed by atoms with van der Waals surface area (Å²) in [6.07, 6.45) is 4.94. The van der Waals surface area contributed by atoms with Crippen molar-refractivity contribution in [3.63, 3.8) is 0 Å². The summed E-state index contributed by atoms with van der Waals surface area (Å²) >= 11 is 0. The predicted molar refractivity (Wildman–Crippen MR) is 65.8 cm³/mol. The Morgan fingerprint density at radius 1 is 1.38 bits per heavy atom. The van der Waals surface area contributed by atoms with Crippen LogP contribution in [0.1, 0.15) is 39.5 Å². The molecule has 4 heteroatoms. The van der Waals surface area contributed by atoms with E-state index < -0.39 is 11.4 Å². The molecule has 0 aromatic carbocycles.